The van der Waals surface area contributed by atoms with Crippen LogP contribution in [0.5, 0.6) is 0 Å². The molecule has 5 nitrogen and oxygen atoms in total. The standard InChI is InChI=1S/C15H15BNO4S/c1-10(2)14-15(18)21-16-17(14)22(19,20)13-8-7-11-5-3-4-6-12(11)9-13/h3-10,14H,1-2H3/t14-/m1/s1. The third kappa shape index (κ3) is 2.40. The van der Waals surface area contributed by atoms with Gasteiger partial charge in [0.2, 0.25) is 10.0 Å². The smallest absolute Gasteiger partial charge is 0.498 e. The average Bonchev–Trinajstić information content (AvgIpc) is 2.89. The molecule has 1 fully saturated rings. The second-order valence-corrected chi connectivity index (χ2v) is 7.42. The first-order valence-corrected chi connectivity index (χ1v) is 8.41. The molecule has 1 aliphatic heterocycles. The number of benzene rings is 2. The summed E-state index contributed by atoms with van der Waals surface area (Å²) < 4.78 is 31.4. The zero-order valence-electron chi connectivity index (χ0n) is 12.3. The van der Waals surface area contributed by atoms with Gasteiger partial charge in [0.1, 0.15) is 6.04 Å². The van der Waals surface area contributed by atoms with E-state index in [0.29, 0.717) is 0 Å². The molecule has 2 aromatic rings. The van der Waals surface area contributed by atoms with E-state index < -0.39 is 22.0 Å². The summed E-state index contributed by atoms with van der Waals surface area (Å²) >= 11 is 0. The molecule has 1 aliphatic rings. The summed E-state index contributed by atoms with van der Waals surface area (Å²) in [6.07, 6.45) is 0. The molecule has 1 atom stereocenters. The normalized spacial score (nSPS) is 19.4. The quantitative estimate of drug-likeness (QED) is 0.812. The average molecular weight is 316 g/mol. The third-order valence-electron chi connectivity index (χ3n) is 3.72. The summed E-state index contributed by atoms with van der Waals surface area (Å²) in [6.45, 7) is 3.57. The van der Waals surface area contributed by atoms with E-state index in [2.05, 4.69) is 0 Å². The van der Waals surface area contributed by atoms with Crippen molar-refractivity contribution in [3.8, 4) is 0 Å². The minimum Gasteiger partial charge on any atom is -0.520 e. The highest BCUT2D eigenvalue weighted by Gasteiger charge is 2.46. The Balaban J connectivity index is 2.06. The molecule has 0 aliphatic carbocycles. The van der Waals surface area contributed by atoms with Crippen LogP contribution in [0, 0.1) is 5.92 Å². The number of carbonyl (C=O) groups is 1. The second kappa shape index (κ2) is 5.41. The Morgan fingerprint density at radius 3 is 2.50 bits per heavy atom. The van der Waals surface area contributed by atoms with Crippen molar-refractivity contribution in [3.05, 3.63) is 42.5 Å². The minimum absolute atomic E-state index is 0.145. The predicted octanol–water partition coefficient (Wildman–Crippen LogP) is 1.95. The van der Waals surface area contributed by atoms with Gasteiger partial charge in [-0.15, -0.1) is 0 Å². The van der Waals surface area contributed by atoms with Gasteiger partial charge in [0.05, 0.1) is 4.90 Å². The lowest BCUT2D eigenvalue weighted by Crippen LogP contribution is -2.42. The van der Waals surface area contributed by atoms with Crippen LogP contribution in [0.3, 0.4) is 0 Å². The highest BCUT2D eigenvalue weighted by Crippen LogP contribution is 2.27. The molecule has 3 rings (SSSR count). The van der Waals surface area contributed by atoms with Crippen molar-refractivity contribution in [2.75, 3.05) is 0 Å². The molecule has 0 spiro atoms. The van der Waals surface area contributed by atoms with Crippen molar-refractivity contribution in [1.29, 1.82) is 0 Å². The van der Waals surface area contributed by atoms with Gasteiger partial charge in [0.15, 0.2) is 0 Å². The molecule has 1 heterocycles. The Labute approximate surface area is 130 Å². The van der Waals surface area contributed by atoms with Gasteiger partial charge in [-0.1, -0.05) is 44.2 Å². The van der Waals surface area contributed by atoms with Crippen LogP contribution in [0.1, 0.15) is 13.8 Å². The van der Waals surface area contributed by atoms with E-state index in [-0.39, 0.29) is 10.8 Å². The topological polar surface area (TPSA) is 63.7 Å². The number of hydrogen-bond acceptors (Lipinski definition) is 4. The van der Waals surface area contributed by atoms with Crippen LogP contribution in [-0.2, 0) is 19.5 Å². The molecule has 1 saturated heterocycles. The largest absolute Gasteiger partial charge is 0.520 e. The van der Waals surface area contributed by atoms with Crippen molar-refractivity contribution in [2.24, 2.45) is 5.92 Å². The van der Waals surface area contributed by atoms with Crippen LogP contribution in [-0.4, -0.2) is 32.3 Å². The van der Waals surface area contributed by atoms with Gasteiger partial charge in [-0.05, 0) is 28.8 Å². The van der Waals surface area contributed by atoms with E-state index in [9.17, 15) is 13.2 Å². The SMILES string of the molecule is CC(C)[C@@H]1C(=O)O[B]N1S(=O)(=O)c1ccc2ccccc2c1. The van der Waals surface area contributed by atoms with Gasteiger partial charge >= 0.3 is 13.6 Å². The zero-order valence-corrected chi connectivity index (χ0v) is 13.1. The van der Waals surface area contributed by atoms with Gasteiger partial charge in [-0.2, -0.15) is 4.22 Å². The Hall–Kier alpha value is -1.86. The first-order valence-electron chi connectivity index (χ1n) is 6.97. The van der Waals surface area contributed by atoms with Crippen molar-refractivity contribution >= 4 is 34.4 Å². The van der Waals surface area contributed by atoms with E-state index in [1.54, 1.807) is 32.0 Å². The van der Waals surface area contributed by atoms with Crippen molar-refractivity contribution < 1.29 is 17.9 Å². The molecular weight excluding hydrogens is 301 g/mol. The fourth-order valence-electron chi connectivity index (χ4n) is 2.56. The maximum Gasteiger partial charge on any atom is 0.498 e. The van der Waals surface area contributed by atoms with Crippen molar-refractivity contribution in [3.63, 3.8) is 0 Å². The lowest BCUT2D eigenvalue weighted by atomic mass is 10.0. The Bertz CT molecular complexity index is 834. The monoisotopic (exact) mass is 316 g/mol. The van der Waals surface area contributed by atoms with Gasteiger partial charge in [-0.25, -0.2) is 8.42 Å². The molecular formula is C15H15BNO4S. The first-order chi connectivity index (χ1) is 10.4. The number of nitrogens with zero attached hydrogens (tertiary/aromatic N) is 1. The maximum absolute atomic E-state index is 12.8. The first kappa shape index (κ1) is 15.1. The van der Waals surface area contributed by atoms with Gasteiger partial charge < -0.3 is 4.65 Å². The van der Waals surface area contributed by atoms with Crippen LogP contribution in [0.15, 0.2) is 47.4 Å². The van der Waals surface area contributed by atoms with Gasteiger partial charge in [0.25, 0.3) is 0 Å². The lowest BCUT2D eigenvalue weighted by molar-refractivity contribution is -0.135. The number of hydrogen-bond donors (Lipinski definition) is 0. The van der Waals surface area contributed by atoms with Gasteiger partial charge in [-0.3, -0.25) is 4.79 Å². The Morgan fingerprint density at radius 2 is 1.82 bits per heavy atom. The molecule has 7 heteroatoms. The summed E-state index contributed by atoms with van der Waals surface area (Å²) in [4.78, 5) is 11.9. The molecule has 113 valence electrons. The molecule has 0 bridgehead atoms. The number of fused-ring (bicyclic) bond motifs is 1. The lowest BCUT2D eigenvalue weighted by Gasteiger charge is -2.22. The van der Waals surface area contributed by atoms with E-state index in [4.69, 9.17) is 4.65 Å². The van der Waals surface area contributed by atoms with E-state index in [0.717, 1.165) is 22.6 Å². The number of carbonyl (C=O) groups excluding carboxylic acids is 1. The van der Waals surface area contributed by atoms with Crippen LogP contribution in [0.2, 0.25) is 0 Å². The molecule has 0 saturated carbocycles. The fraction of sp³-hybridized carbons (Fsp3) is 0.267. The Morgan fingerprint density at radius 1 is 1.14 bits per heavy atom. The third-order valence-corrected chi connectivity index (χ3v) is 5.43. The van der Waals surface area contributed by atoms with Crippen LogP contribution >= 0.6 is 0 Å². The number of rotatable bonds is 3. The molecule has 1 radical (unpaired) electrons. The summed E-state index contributed by atoms with van der Waals surface area (Å²) in [5.74, 6) is -0.721. The molecule has 0 amide bonds. The highest BCUT2D eigenvalue weighted by atomic mass is 32.2. The summed E-state index contributed by atoms with van der Waals surface area (Å²) in [7, 11) is -2.83. The summed E-state index contributed by atoms with van der Waals surface area (Å²) in [6, 6.07) is 11.6. The van der Waals surface area contributed by atoms with Crippen LogP contribution < -0.4 is 0 Å². The highest BCUT2D eigenvalue weighted by molar-refractivity contribution is 7.90. The predicted molar refractivity (Wildman–Crippen MR) is 83.4 cm³/mol. The Kier molecular flexibility index (Phi) is 3.70. The molecule has 0 unspecified atom stereocenters. The van der Waals surface area contributed by atoms with E-state index >= 15 is 0 Å². The molecule has 0 N–H and O–H groups in total. The second-order valence-electron chi connectivity index (χ2n) is 5.58. The maximum atomic E-state index is 12.8. The number of sulfonamides is 1. The van der Waals surface area contributed by atoms with Crippen LogP contribution in [0.25, 0.3) is 10.8 Å². The summed E-state index contributed by atoms with van der Waals surface area (Å²) in [5.41, 5.74) is 0. The van der Waals surface area contributed by atoms with E-state index in [1.165, 1.54) is 0 Å². The molecule has 22 heavy (non-hydrogen) atoms. The zero-order chi connectivity index (χ0) is 15.9. The van der Waals surface area contributed by atoms with Gasteiger partial charge in [0, 0.05) is 0 Å². The van der Waals surface area contributed by atoms with E-state index in [1.807, 2.05) is 24.3 Å². The molecule has 2 aromatic carbocycles. The minimum atomic E-state index is -3.83. The van der Waals surface area contributed by atoms with Crippen molar-refractivity contribution in [2.45, 2.75) is 24.8 Å². The van der Waals surface area contributed by atoms with Crippen LogP contribution in [0.4, 0.5) is 0 Å². The summed E-state index contributed by atoms with van der Waals surface area (Å²) in [5, 5.41) is 1.79. The molecule has 0 aromatic heterocycles. The van der Waals surface area contributed by atoms with Crippen molar-refractivity contribution in [1.82, 2.24) is 4.22 Å². The fourth-order valence-corrected chi connectivity index (χ4v) is 4.11.